The molecular formula is C10H7BrNO2S2. The van der Waals surface area contributed by atoms with Gasteiger partial charge >= 0.3 is 0 Å². The third-order valence-electron chi connectivity index (χ3n) is 1.78. The van der Waals surface area contributed by atoms with Crippen LogP contribution in [-0.2, 0) is 10.0 Å². The highest BCUT2D eigenvalue weighted by Gasteiger charge is 2.14. The van der Waals surface area contributed by atoms with Crippen LogP contribution in [0.5, 0.6) is 0 Å². The number of nitrogens with one attached hydrogen (secondary N) is 1. The van der Waals surface area contributed by atoms with Crippen LogP contribution < -0.4 is 4.72 Å². The quantitative estimate of drug-likeness (QED) is 0.945. The minimum Gasteiger partial charge on any atom is -0.278 e. The number of halogens is 1. The molecule has 1 aromatic heterocycles. The Hall–Kier alpha value is -0.850. The maximum atomic E-state index is 11.8. The van der Waals surface area contributed by atoms with E-state index in [2.05, 4.69) is 26.7 Å². The van der Waals surface area contributed by atoms with Gasteiger partial charge in [-0.05, 0) is 29.6 Å². The van der Waals surface area contributed by atoms with E-state index in [-0.39, 0.29) is 0 Å². The molecule has 1 heterocycles. The fourth-order valence-electron chi connectivity index (χ4n) is 1.08. The van der Waals surface area contributed by atoms with Crippen molar-refractivity contribution < 1.29 is 8.42 Å². The number of rotatable bonds is 3. The molecule has 16 heavy (non-hydrogen) atoms. The van der Waals surface area contributed by atoms with E-state index in [9.17, 15) is 8.42 Å². The Morgan fingerprint density at radius 2 is 2.12 bits per heavy atom. The Morgan fingerprint density at radius 3 is 2.69 bits per heavy atom. The van der Waals surface area contributed by atoms with E-state index in [0.717, 1.165) is 4.47 Å². The molecule has 0 amide bonds. The Bertz CT molecular complexity index is 561. The molecule has 0 saturated carbocycles. The van der Waals surface area contributed by atoms with Crippen LogP contribution in [0.1, 0.15) is 0 Å². The van der Waals surface area contributed by atoms with Crippen molar-refractivity contribution in [3.63, 3.8) is 0 Å². The SMILES string of the molecule is O=S(=O)(Nc1[c]cc(Br)cc1)c1cccs1. The summed E-state index contributed by atoms with van der Waals surface area (Å²) in [5.74, 6) is 0. The molecular weight excluding hydrogens is 310 g/mol. The summed E-state index contributed by atoms with van der Waals surface area (Å²) in [5, 5.41) is 1.72. The highest BCUT2D eigenvalue weighted by atomic mass is 79.9. The van der Waals surface area contributed by atoms with E-state index in [4.69, 9.17) is 0 Å². The summed E-state index contributed by atoms with van der Waals surface area (Å²) in [6.07, 6.45) is 0. The van der Waals surface area contributed by atoms with Crippen molar-refractivity contribution in [3.8, 4) is 0 Å². The van der Waals surface area contributed by atoms with Crippen LogP contribution >= 0.6 is 27.3 Å². The van der Waals surface area contributed by atoms with E-state index in [1.807, 2.05) is 0 Å². The lowest BCUT2D eigenvalue weighted by atomic mass is 10.3. The van der Waals surface area contributed by atoms with Crippen LogP contribution in [0.3, 0.4) is 0 Å². The molecule has 3 nitrogen and oxygen atoms in total. The molecule has 2 aromatic rings. The average molecular weight is 317 g/mol. The van der Waals surface area contributed by atoms with Gasteiger partial charge in [0.2, 0.25) is 0 Å². The summed E-state index contributed by atoms with van der Waals surface area (Å²) in [7, 11) is -3.46. The molecule has 0 unspecified atom stereocenters. The van der Waals surface area contributed by atoms with Crippen LogP contribution in [0.4, 0.5) is 5.69 Å². The zero-order valence-electron chi connectivity index (χ0n) is 7.98. The number of benzene rings is 1. The summed E-state index contributed by atoms with van der Waals surface area (Å²) in [5.41, 5.74) is 0.427. The Labute approximate surface area is 106 Å². The number of sulfonamides is 1. The normalized spacial score (nSPS) is 11.3. The summed E-state index contributed by atoms with van der Waals surface area (Å²) >= 11 is 4.44. The number of thiophene rings is 1. The Kier molecular flexibility index (Phi) is 3.32. The topological polar surface area (TPSA) is 46.2 Å². The first kappa shape index (κ1) is 11.6. The van der Waals surface area contributed by atoms with Crippen molar-refractivity contribution in [2.75, 3.05) is 4.72 Å². The lowest BCUT2D eigenvalue weighted by Gasteiger charge is -2.05. The van der Waals surface area contributed by atoms with Crippen molar-refractivity contribution in [1.82, 2.24) is 0 Å². The molecule has 0 saturated heterocycles. The van der Waals surface area contributed by atoms with E-state index in [1.54, 1.807) is 35.7 Å². The van der Waals surface area contributed by atoms with Gasteiger partial charge in [0.05, 0.1) is 5.69 Å². The second-order valence-electron chi connectivity index (χ2n) is 2.96. The van der Waals surface area contributed by atoms with Crippen molar-refractivity contribution >= 4 is 43.0 Å². The summed E-state index contributed by atoms with van der Waals surface area (Å²) in [6, 6.07) is 11.1. The van der Waals surface area contributed by atoms with Crippen LogP contribution in [0.2, 0.25) is 0 Å². The molecule has 1 radical (unpaired) electrons. The predicted octanol–water partition coefficient (Wildman–Crippen LogP) is 3.11. The maximum absolute atomic E-state index is 11.8. The standard InChI is InChI=1S/C10H7BrNO2S2/c11-8-3-5-9(6-4-8)12-16(13,14)10-2-1-7-15-10/h1-5,7,12H. The van der Waals surface area contributed by atoms with Gasteiger partial charge in [-0.2, -0.15) is 0 Å². The van der Waals surface area contributed by atoms with Crippen LogP contribution in [0.25, 0.3) is 0 Å². The van der Waals surface area contributed by atoms with Crippen molar-refractivity contribution in [3.05, 3.63) is 46.3 Å². The second kappa shape index (κ2) is 4.57. The molecule has 0 fully saturated rings. The Balaban J connectivity index is 2.25. The van der Waals surface area contributed by atoms with E-state index < -0.39 is 10.0 Å². The summed E-state index contributed by atoms with van der Waals surface area (Å²) in [6.45, 7) is 0. The largest absolute Gasteiger partial charge is 0.278 e. The molecule has 0 spiro atoms. The number of hydrogen-bond donors (Lipinski definition) is 1. The third-order valence-corrected chi connectivity index (χ3v) is 5.04. The van der Waals surface area contributed by atoms with Crippen molar-refractivity contribution in [1.29, 1.82) is 0 Å². The molecule has 0 aliphatic rings. The smallest absolute Gasteiger partial charge is 0.271 e. The fourth-order valence-corrected chi connectivity index (χ4v) is 3.35. The number of anilines is 1. The zero-order valence-corrected chi connectivity index (χ0v) is 11.2. The monoisotopic (exact) mass is 316 g/mol. The van der Waals surface area contributed by atoms with E-state index in [0.29, 0.717) is 9.90 Å². The summed E-state index contributed by atoms with van der Waals surface area (Å²) in [4.78, 5) is 0. The molecule has 1 aromatic carbocycles. The first-order valence-corrected chi connectivity index (χ1v) is 7.47. The van der Waals surface area contributed by atoms with Gasteiger partial charge in [0, 0.05) is 10.5 Å². The van der Waals surface area contributed by atoms with Gasteiger partial charge in [-0.3, -0.25) is 4.72 Å². The van der Waals surface area contributed by atoms with E-state index in [1.165, 1.54) is 11.3 Å². The van der Waals surface area contributed by atoms with Gasteiger partial charge in [-0.1, -0.05) is 22.0 Å². The van der Waals surface area contributed by atoms with Gasteiger partial charge in [0.15, 0.2) is 0 Å². The van der Waals surface area contributed by atoms with Gasteiger partial charge in [-0.15, -0.1) is 11.3 Å². The predicted molar refractivity (Wildman–Crippen MR) is 68.1 cm³/mol. The first-order chi connectivity index (χ1) is 7.58. The van der Waals surface area contributed by atoms with Gasteiger partial charge in [-0.25, -0.2) is 8.42 Å². The van der Waals surface area contributed by atoms with Gasteiger partial charge in [0.1, 0.15) is 4.21 Å². The molecule has 2 rings (SSSR count). The zero-order chi connectivity index (χ0) is 11.6. The van der Waals surface area contributed by atoms with Crippen LogP contribution in [0, 0.1) is 6.07 Å². The third kappa shape index (κ3) is 2.63. The van der Waals surface area contributed by atoms with Crippen LogP contribution in [-0.4, -0.2) is 8.42 Å². The molecule has 0 aliphatic carbocycles. The minimum atomic E-state index is -3.46. The summed E-state index contributed by atoms with van der Waals surface area (Å²) < 4.78 is 27.2. The highest BCUT2D eigenvalue weighted by Crippen LogP contribution is 2.20. The molecule has 6 heteroatoms. The van der Waals surface area contributed by atoms with E-state index >= 15 is 0 Å². The highest BCUT2D eigenvalue weighted by molar-refractivity contribution is 9.10. The van der Waals surface area contributed by atoms with Crippen LogP contribution in [0.15, 0.2) is 44.4 Å². The second-order valence-corrected chi connectivity index (χ2v) is 6.73. The van der Waals surface area contributed by atoms with Gasteiger partial charge < -0.3 is 0 Å². The molecule has 0 bridgehead atoms. The van der Waals surface area contributed by atoms with Crippen molar-refractivity contribution in [2.24, 2.45) is 0 Å². The minimum absolute atomic E-state index is 0.295. The molecule has 1 N–H and O–H groups in total. The van der Waals surface area contributed by atoms with Crippen molar-refractivity contribution in [2.45, 2.75) is 4.21 Å². The average Bonchev–Trinajstić information content (AvgIpc) is 2.75. The lowest BCUT2D eigenvalue weighted by molar-refractivity contribution is 0.603. The fraction of sp³-hybridized carbons (Fsp3) is 0. The molecule has 0 atom stereocenters. The molecule has 0 aliphatic heterocycles. The Morgan fingerprint density at radius 1 is 1.31 bits per heavy atom. The number of hydrogen-bond acceptors (Lipinski definition) is 3. The first-order valence-electron chi connectivity index (χ1n) is 4.31. The van der Waals surface area contributed by atoms with Gasteiger partial charge in [0.25, 0.3) is 10.0 Å². The maximum Gasteiger partial charge on any atom is 0.271 e. The molecule has 83 valence electrons. The lowest BCUT2D eigenvalue weighted by Crippen LogP contribution is -2.11.